The molecular formula is C22H38N4O4S2. The summed E-state index contributed by atoms with van der Waals surface area (Å²) in [6.07, 6.45) is 9.93. The molecule has 0 aromatic carbocycles. The minimum atomic E-state index is -0.301. The van der Waals surface area contributed by atoms with Crippen molar-refractivity contribution in [1.29, 1.82) is 0 Å². The Morgan fingerprint density at radius 3 is 1.25 bits per heavy atom. The monoisotopic (exact) mass is 486 g/mol. The Labute approximate surface area is 199 Å². The average molecular weight is 487 g/mol. The van der Waals surface area contributed by atoms with Crippen molar-refractivity contribution in [2.75, 3.05) is 37.7 Å². The molecule has 0 radical (unpaired) electrons. The molecule has 0 saturated carbocycles. The lowest BCUT2D eigenvalue weighted by Crippen LogP contribution is -2.28. The largest absolute Gasteiger partial charge is 0.334 e. The van der Waals surface area contributed by atoms with Crippen molar-refractivity contribution >= 4 is 34.0 Å². The van der Waals surface area contributed by atoms with E-state index in [4.69, 9.17) is 0 Å². The smallest absolute Gasteiger partial charge is 0.281 e. The number of H-pyrrole nitrogens is 2. The molecule has 0 atom stereocenters. The molecule has 2 fully saturated rings. The summed E-state index contributed by atoms with van der Waals surface area (Å²) in [5.41, 5.74) is -0.603. The molecule has 2 aliphatic rings. The fraction of sp³-hybridized carbons (Fsp3) is 0.727. The quantitative estimate of drug-likeness (QED) is 0.636. The van der Waals surface area contributed by atoms with Gasteiger partial charge in [0.2, 0.25) is 0 Å². The molecule has 10 heteroatoms. The average Bonchev–Trinajstić information content (AvgIpc) is 3.23. The molecule has 1 aromatic rings. The van der Waals surface area contributed by atoms with Crippen molar-refractivity contribution in [2.45, 2.75) is 65.2 Å². The number of hydrogen-bond donors (Lipinski definition) is 2. The van der Waals surface area contributed by atoms with E-state index in [2.05, 4.69) is 10.2 Å². The van der Waals surface area contributed by atoms with Gasteiger partial charge in [-0.25, -0.2) is 0 Å². The topological polar surface area (TPSA) is 106 Å². The molecule has 2 saturated heterocycles. The third kappa shape index (κ3) is 13.0. The number of nitrogens with zero attached hydrogens (tertiary/aromatic N) is 2. The van der Waals surface area contributed by atoms with Crippen molar-refractivity contribution in [3.8, 4) is 0 Å². The lowest BCUT2D eigenvalue weighted by atomic mass is 10.2. The van der Waals surface area contributed by atoms with E-state index >= 15 is 0 Å². The Morgan fingerprint density at radius 1 is 0.688 bits per heavy atom. The lowest BCUT2D eigenvalue weighted by molar-refractivity contribution is 0.224. The lowest BCUT2D eigenvalue weighted by Gasteiger charge is -2.18. The summed E-state index contributed by atoms with van der Waals surface area (Å²) in [5.74, 6) is 1.80. The summed E-state index contributed by atoms with van der Waals surface area (Å²) < 4.78 is 0. The first-order valence-electron chi connectivity index (χ1n) is 11.6. The summed E-state index contributed by atoms with van der Waals surface area (Å²) >= 11 is 2.87. The second-order valence-corrected chi connectivity index (χ2v) is 9.94. The number of thioether (sulfide) groups is 2. The normalized spacial score (nSPS) is 16.4. The Bertz CT molecular complexity index is 666. The molecule has 0 aliphatic carbocycles. The summed E-state index contributed by atoms with van der Waals surface area (Å²) in [6.45, 7) is 7.97. The predicted molar refractivity (Wildman–Crippen MR) is 135 cm³/mol. The molecule has 2 aliphatic heterocycles. The summed E-state index contributed by atoms with van der Waals surface area (Å²) in [4.78, 5) is 47.3. The van der Waals surface area contributed by atoms with Crippen molar-refractivity contribution in [3.63, 3.8) is 0 Å². The Kier molecular flexibility index (Phi) is 15.8. The molecule has 0 unspecified atom stereocenters. The van der Waals surface area contributed by atoms with Crippen LogP contribution in [0.3, 0.4) is 0 Å². The number of rotatable bonds is 2. The third-order valence-electron chi connectivity index (χ3n) is 4.96. The van der Waals surface area contributed by atoms with E-state index in [1.807, 2.05) is 23.6 Å². The van der Waals surface area contributed by atoms with Gasteiger partial charge >= 0.3 is 0 Å². The highest BCUT2D eigenvalue weighted by Crippen LogP contribution is 2.16. The Hall–Kier alpha value is -1.68. The number of hydrogen-bond acceptors (Lipinski definition) is 6. The van der Waals surface area contributed by atoms with E-state index < -0.39 is 0 Å². The minimum Gasteiger partial charge on any atom is -0.334 e. The van der Waals surface area contributed by atoms with Gasteiger partial charge in [0.25, 0.3) is 21.6 Å². The molecule has 3 heterocycles. The van der Waals surface area contributed by atoms with Crippen LogP contribution in [0.4, 0.5) is 9.59 Å². The molecule has 182 valence electrons. The van der Waals surface area contributed by atoms with Gasteiger partial charge in [-0.15, -0.1) is 0 Å². The number of aromatic nitrogens is 2. The van der Waals surface area contributed by atoms with Gasteiger partial charge in [-0.1, -0.05) is 63.1 Å². The van der Waals surface area contributed by atoms with Crippen LogP contribution in [0.15, 0.2) is 21.7 Å². The maximum Gasteiger partial charge on any atom is 0.281 e. The standard InChI is InChI=1S/2C9H17NOS.C4H4N2O2/c2*1-2-12-9(11)10-7-5-3-4-6-8-10;7-3-1-2-4(8)6-5-3/h2*2-8H2,1H3;1-2H,(H,5,7)(H,6,8). The van der Waals surface area contributed by atoms with Gasteiger partial charge in [-0.3, -0.25) is 29.4 Å². The number of likely N-dealkylation sites (tertiary alicyclic amines) is 2. The van der Waals surface area contributed by atoms with Crippen LogP contribution in [0.5, 0.6) is 0 Å². The molecular weight excluding hydrogens is 448 g/mol. The molecule has 8 nitrogen and oxygen atoms in total. The zero-order valence-electron chi connectivity index (χ0n) is 19.4. The van der Waals surface area contributed by atoms with E-state index in [1.54, 1.807) is 0 Å². The molecule has 0 spiro atoms. The van der Waals surface area contributed by atoms with Crippen molar-refractivity contribution in [2.24, 2.45) is 0 Å². The fourth-order valence-electron chi connectivity index (χ4n) is 3.29. The predicted octanol–water partition coefficient (Wildman–Crippen LogP) is 4.53. The fourth-order valence-corrected chi connectivity index (χ4v) is 4.52. The molecule has 1 aromatic heterocycles. The molecule has 2 N–H and O–H groups in total. The van der Waals surface area contributed by atoms with Crippen molar-refractivity contribution < 1.29 is 9.59 Å². The zero-order valence-corrected chi connectivity index (χ0v) is 21.0. The second-order valence-electron chi connectivity index (χ2n) is 7.51. The van der Waals surface area contributed by atoms with Crippen LogP contribution < -0.4 is 11.1 Å². The second kappa shape index (κ2) is 17.8. The van der Waals surface area contributed by atoms with Crippen LogP contribution in [0.2, 0.25) is 0 Å². The van der Waals surface area contributed by atoms with Crippen LogP contribution >= 0.6 is 23.5 Å². The third-order valence-corrected chi connectivity index (χ3v) is 6.55. The molecule has 0 bridgehead atoms. The van der Waals surface area contributed by atoms with Crippen LogP contribution in [0.25, 0.3) is 0 Å². The van der Waals surface area contributed by atoms with Crippen LogP contribution in [0, 0.1) is 0 Å². The van der Waals surface area contributed by atoms with E-state index in [-0.39, 0.29) is 21.6 Å². The SMILES string of the molecule is CCSC(=O)N1CCCCCC1.CCSC(=O)N1CCCCCC1.O=c1ccc(=O)[nH][nH]1. The number of aromatic amines is 2. The summed E-state index contributed by atoms with van der Waals surface area (Å²) in [5, 5.41) is 4.77. The van der Waals surface area contributed by atoms with Crippen LogP contribution in [0.1, 0.15) is 65.2 Å². The summed E-state index contributed by atoms with van der Waals surface area (Å²) in [6, 6.07) is 2.33. The maximum atomic E-state index is 11.4. The van der Waals surface area contributed by atoms with Gasteiger partial charge in [-0.05, 0) is 37.2 Å². The van der Waals surface area contributed by atoms with Gasteiger partial charge < -0.3 is 9.80 Å². The van der Waals surface area contributed by atoms with E-state index in [1.165, 1.54) is 87.0 Å². The number of nitrogens with one attached hydrogen (secondary N) is 2. The van der Waals surface area contributed by atoms with Gasteiger partial charge in [0.05, 0.1) is 0 Å². The van der Waals surface area contributed by atoms with Gasteiger partial charge in [0.15, 0.2) is 0 Å². The Balaban J connectivity index is 0.000000245. The number of amides is 2. The van der Waals surface area contributed by atoms with Crippen LogP contribution in [-0.4, -0.2) is 68.2 Å². The molecule has 32 heavy (non-hydrogen) atoms. The van der Waals surface area contributed by atoms with Gasteiger partial charge in [0, 0.05) is 38.3 Å². The highest BCUT2D eigenvalue weighted by molar-refractivity contribution is 8.13. The first kappa shape index (κ1) is 28.4. The number of carbonyl (C=O) groups is 2. The Morgan fingerprint density at radius 2 is 1.00 bits per heavy atom. The van der Waals surface area contributed by atoms with Gasteiger partial charge in [-0.2, -0.15) is 0 Å². The first-order valence-corrected chi connectivity index (χ1v) is 13.6. The molecule has 3 rings (SSSR count). The van der Waals surface area contributed by atoms with Crippen molar-refractivity contribution in [3.05, 3.63) is 32.8 Å². The molecule has 2 amide bonds. The highest BCUT2D eigenvalue weighted by Gasteiger charge is 2.15. The van der Waals surface area contributed by atoms with Crippen molar-refractivity contribution in [1.82, 2.24) is 20.0 Å². The van der Waals surface area contributed by atoms with Gasteiger partial charge in [0.1, 0.15) is 0 Å². The zero-order chi connectivity index (χ0) is 23.6. The van der Waals surface area contributed by atoms with Crippen LogP contribution in [-0.2, 0) is 0 Å². The highest BCUT2D eigenvalue weighted by atomic mass is 32.2. The first-order chi connectivity index (χ1) is 15.5. The summed E-state index contributed by atoms with van der Waals surface area (Å²) in [7, 11) is 0. The minimum absolute atomic E-state index is 0.277. The maximum absolute atomic E-state index is 11.4. The van der Waals surface area contributed by atoms with E-state index in [0.717, 1.165) is 37.7 Å². The van der Waals surface area contributed by atoms with E-state index in [9.17, 15) is 19.2 Å². The number of carbonyl (C=O) groups excluding carboxylic acids is 2. The van der Waals surface area contributed by atoms with E-state index in [0.29, 0.717) is 0 Å².